The third kappa shape index (κ3) is 7.51. The van der Waals surface area contributed by atoms with Crippen LogP contribution >= 0.6 is 35.3 Å². The number of guanidine groups is 1. The van der Waals surface area contributed by atoms with Gasteiger partial charge >= 0.3 is 0 Å². The summed E-state index contributed by atoms with van der Waals surface area (Å²) in [4.78, 5) is 5.40. The summed E-state index contributed by atoms with van der Waals surface area (Å²) in [7, 11) is 0. The summed E-state index contributed by atoms with van der Waals surface area (Å²) in [5, 5.41) is 18.9. The maximum Gasteiger partial charge on any atom is 0.191 e. The number of hydrogen-bond donors (Lipinski definition) is 3. The molecule has 0 fully saturated rings. The Labute approximate surface area is 176 Å². The van der Waals surface area contributed by atoms with E-state index < -0.39 is 5.60 Å². The summed E-state index contributed by atoms with van der Waals surface area (Å²) in [6.07, 6.45) is 0. The van der Waals surface area contributed by atoms with Crippen molar-refractivity contribution >= 4 is 41.3 Å². The number of ether oxygens (including phenoxy) is 1. The molecule has 0 spiro atoms. The van der Waals surface area contributed by atoms with Crippen LogP contribution in [-0.4, -0.2) is 37.3 Å². The molecule has 0 amide bonds. The van der Waals surface area contributed by atoms with Gasteiger partial charge in [-0.3, -0.25) is 0 Å². The van der Waals surface area contributed by atoms with Crippen molar-refractivity contribution in [1.82, 2.24) is 10.6 Å². The molecule has 0 saturated heterocycles. The lowest BCUT2D eigenvalue weighted by Gasteiger charge is -2.20. The number of thiophene rings is 1. The number of rotatable bonds is 8. The first-order valence-corrected chi connectivity index (χ1v) is 9.37. The lowest BCUT2D eigenvalue weighted by Crippen LogP contribution is -2.40. The summed E-state index contributed by atoms with van der Waals surface area (Å²) < 4.78 is 5.70. The first-order valence-electron chi connectivity index (χ1n) is 8.49. The van der Waals surface area contributed by atoms with Gasteiger partial charge in [0.25, 0.3) is 0 Å². The quantitative estimate of drug-likeness (QED) is 0.230. The molecule has 144 valence electrons. The van der Waals surface area contributed by atoms with Gasteiger partial charge in [0.05, 0.1) is 13.1 Å². The second kappa shape index (κ2) is 11.4. The van der Waals surface area contributed by atoms with Crippen molar-refractivity contribution in [3.63, 3.8) is 0 Å². The molecule has 2 aromatic rings. The van der Waals surface area contributed by atoms with Gasteiger partial charge in [-0.1, -0.05) is 23.8 Å². The first-order chi connectivity index (χ1) is 12.0. The average molecular weight is 489 g/mol. The van der Waals surface area contributed by atoms with Gasteiger partial charge in [-0.15, -0.1) is 35.3 Å². The fourth-order valence-electron chi connectivity index (χ4n) is 2.21. The standard InChI is InChI=1S/C19H27N3O2S.HI/c1-4-20-18(22-14-19(3,23)17-6-5-13-25-17)21-11-12-24-16-9-7-15(2)8-10-16;/h5-10,13,23H,4,11-12,14H2,1-3H3,(H2,20,21,22);1H. The molecule has 1 unspecified atom stereocenters. The monoisotopic (exact) mass is 489 g/mol. The van der Waals surface area contributed by atoms with Crippen LogP contribution in [0.4, 0.5) is 0 Å². The second-order valence-electron chi connectivity index (χ2n) is 6.03. The normalized spacial score (nSPS) is 13.5. The Balaban J connectivity index is 0.00000338. The Morgan fingerprint density at radius 1 is 1.23 bits per heavy atom. The largest absolute Gasteiger partial charge is 0.492 e. The minimum Gasteiger partial charge on any atom is -0.492 e. The highest BCUT2D eigenvalue weighted by molar-refractivity contribution is 14.0. The van der Waals surface area contributed by atoms with E-state index in [1.807, 2.05) is 48.7 Å². The zero-order chi connectivity index (χ0) is 18.1. The molecular weight excluding hydrogens is 461 g/mol. The lowest BCUT2D eigenvalue weighted by atomic mass is 10.1. The van der Waals surface area contributed by atoms with E-state index in [-0.39, 0.29) is 24.0 Å². The molecule has 7 heteroatoms. The zero-order valence-electron chi connectivity index (χ0n) is 15.5. The number of benzene rings is 1. The molecule has 0 aliphatic carbocycles. The van der Waals surface area contributed by atoms with Crippen molar-refractivity contribution in [3.05, 3.63) is 52.2 Å². The van der Waals surface area contributed by atoms with E-state index in [4.69, 9.17) is 4.74 Å². The molecule has 26 heavy (non-hydrogen) atoms. The SMILES string of the molecule is CCNC(=NCC(C)(O)c1cccs1)NCCOc1ccc(C)cc1.I. The van der Waals surface area contributed by atoms with Crippen LogP contribution in [0.5, 0.6) is 5.75 Å². The number of hydrogen-bond acceptors (Lipinski definition) is 4. The Morgan fingerprint density at radius 2 is 1.96 bits per heavy atom. The molecule has 3 N–H and O–H groups in total. The van der Waals surface area contributed by atoms with Crippen LogP contribution in [0.15, 0.2) is 46.8 Å². The van der Waals surface area contributed by atoms with Crippen molar-refractivity contribution in [2.45, 2.75) is 26.4 Å². The molecule has 0 saturated carbocycles. The van der Waals surface area contributed by atoms with Gasteiger partial charge in [0.2, 0.25) is 0 Å². The van der Waals surface area contributed by atoms with Crippen molar-refractivity contribution in [2.24, 2.45) is 4.99 Å². The van der Waals surface area contributed by atoms with Crippen LogP contribution in [0.1, 0.15) is 24.3 Å². The second-order valence-corrected chi connectivity index (χ2v) is 6.98. The van der Waals surface area contributed by atoms with E-state index in [2.05, 4.69) is 22.5 Å². The highest BCUT2D eigenvalue weighted by Gasteiger charge is 2.23. The molecule has 0 aliphatic rings. The maximum atomic E-state index is 10.6. The highest BCUT2D eigenvalue weighted by Crippen LogP contribution is 2.25. The predicted molar refractivity (Wildman–Crippen MR) is 120 cm³/mol. The number of nitrogens with one attached hydrogen (secondary N) is 2. The average Bonchev–Trinajstić information content (AvgIpc) is 3.13. The third-order valence-electron chi connectivity index (χ3n) is 3.63. The molecule has 0 aliphatic heterocycles. The Hall–Kier alpha value is -1.32. The van der Waals surface area contributed by atoms with Gasteiger partial charge in [0.15, 0.2) is 5.96 Å². The Kier molecular flexibility index (Phi) is 9.97. The topological polar surface area (TPSA) is 65.9 Å². The van der Waals surface area contributed by atoms with Crippen LogP contribution in [0, 0.1) is 6.92 Å². The molecule has 0 radical (unpaired) electrons. The minimum atomic E-state index is -0.963. The van der Waals surface area contributed by atoms with Gasteiger partial charge in [0, 0.05) is 11.4 Å². The number of nitrogens with zero attached hydrogens (tertiary/aromatic N) is 1. The summed E-state index contributed by atoms with van der Waals surface area (Å²) in [6.45, 7) is 8.06. The number of aliphatic imine (C=N–C) groups is 1. The third-order valence-corrected chi connectivity index (χ3v) is 4.75. The summed E-state index contributed by atoms with van der Waals surface area (Å²) in [5.41, 5.74) is 0.249. The van der Waals surface area contributed by atoms with Gasteiger partial charge in [-0.25, -0.2) is 4.99 Å². The fraction of sp³-hybridized carbons (Fsp3) is 0.421. The van der Waals surface area contributed by atoms with Gasteiger partial charge in [-0.05, 0) is 44.4 Å². The van der Waals surface area contributed by atoms with Gasteiger partial charge in [0.1, 0.15) is 18.0 Å². The molecular formula is C19H28IN3O2S. The molecule has 0 bridgehead atoms. The summed E-state index contributed by atoms with van der Waals surface area (Å²) in [6, 6.07) is 11.8. The zero-order valence-corrected chi connectivity index (χ0v) is 18.6. The number of aliphatic hydroxyl groups is 1. The van der Waals surface area contributed by atoms with Crippen LogP contribution < -0.4 is 15.4 Å². The maximum absolute atomic E-state index is 10.6. The number of aryl methyl sites for hydroxylation is 1. The van der Waals surface area contributed by atoms with Crippen LogP contribution in [0.2, 0.25) is 0 Å². The molecule has 2 rings (SSSR count). The van der Waals surface area contributed by atoms with E-state index in [1.165, 1.54) is 16.9 Å². The lowest BCUT2D eigenvalue weighted by molar-refractivity contribution is 0.0711. The Bertz CT molecular complexity index is 658. The van der Waals surface area contributed by atoms with E-state index in [0.29, 0.717) is 25.7 Å². The predicted octanol–water partition coefficient (Wildman–Crippen LogP) is 3.52. The smallest absolute Gasteiger partial charge is 0.191 e. The van der Waals surface area contributed by atoms with Crippen molar-refractivity contribution < 1.29 is 9.84 Å². The van der Waals surface area contributed by atoms with E-state index in [0.717, 1.165) is 17.2 Å². The molecule has 1 aromatic carbocycles. The molecule has 1 aromatic heterocycles. The van der Waals surface area contributed by atoms with Crippen LogP contribution in [0.3, 0.4) is 0 Å². The van der Waals surface area contributed by atoms with Crippen molar-refractivity contribution in [1.29, 1.82) is 0 Å². The van der Waals surface area contributed by atoms with E-state index in [9.17, 15) is 5.11 Å². The Morgan fingerprint density at radius 3 is 2.58 bits per heavy atom. The van der Waals surface area contributed by atoms with Crippen LogP contribution in [0.25, 0.3) is 0 Å². The molecule has 1 heterocycles. The minimum absolute atomic E-state index is 0. The molecule has 5 nitrogen and oxygen atoms in total. The van der Waals surface area contributed by atoms with E-state index >= 15 is 0 Å². The van der Waals surface area contributed by atoms with Crippen LogP contribution in [-0.2, 0) is 5.60 Å². The van der Waals surface area contributed by atoms with E-state index in [1.54, 1.807) is 6.92 Å². The van der Waals surface area contributed by atoms with Gasteiger partial charge < -0.3 is 20.5 Å². The van der Waals surface area contributed by atoms with Crippen molar-refractivity contribution in [3.8, 4) is 5.75 Å². The number of halogens is 1. The van der Waals surface area contributed by atoms with Gasteiger partial charge in [-0.2, -0.15) is 0 Å². The highest BCUT2D eigenvalue weighted by atomic mass is 127. The first kappa shape index (κ1) is 22.7. The van der Waals surface area contributed by atoms with Crippen molar-refractivity contribution in [2.75, 3.05) is 26.2 Å². The fourth-order valence-corrected chi connectivity index (χ4v) is 2.99. The molecule has 1 atom stereocenters. The summed E-state index contributed by atoms with van der Waals surface area (Å²) in [5.74, 6) is 1.53. The summed E-state index contributed by atoms with van der Waals surface area (Å²) >= 11 is 1.53.